The van der Waals surface area contributed by atoms with Gasteiger partial charge >= 0.3 is 0 Å². The SMILES string of the molecule is c1ccc2cc(N(c3ccc(N(c4ccc(-c5ccc(N(c6ccc(N(c7ccc8ccccc8c7)c7ccc8ccccc8c7)cc6)c6cc7ccccc7c7ccccc67)cc5)cc4)c4cc5ccccc5c5ccccc45)cc3)c3ccc4ccccc4c3)ccc2c1. The van der Waals surface area contributed by atoms with Crippen LogP contribution in [0.15, 0.2) is 376 Å². The van der Waals surface area contributed by atoms with Crippen LogP contribution in [0.5, 0.6) is 0 Å². The molecule has 0 fully saturated rings. The number of hydrogen-bond donors (Lipinski definition) is 0. The van der Waals surface area contributed by atoms with Gasteiger partial charge in [-0.3, -0.25) is 0 Å². The summed E-state index contributed by atoms with van der Waals surface area (Å²) < 4.78 is 0. The van der Waals surface area contributed by atoms with Gasteiger partial charge < -0.3 is 19.6 Å². The first-order valence-corrected chi connectivity index (χ1v) is 32.9. The second kappa shape index (κ2) is 23.7. The Morgan fingerprint density at radius 1 is 0.125 bits per heavy atom. The van der Waals surface area contributed by atoms with Crippen molar-refractivity contribution < 1.29 is 0 Å². The Kier molecular flexibility index (Phi) is 13.8. The average Bonchev–Trinajstić information content (AvgIpc) is 0.840. The van der Waals surface area contributed by atoms with E-state index in [1.54, 1.807) is 0 Å². The van der Waals surface area contributed by atoms with E-state index < -0.39 is 0 Å². The molecule has 0 aliphatic carbocycles. The molecule has 0 unspecified atom stereocenters. The van der Waals surface area contributed by atoms with Crippen LogP contribution in [0.25, 0.3) is 97.3 Å². The van der Waals surface area contributed by atoms with Crippen LogP contribution in [-0.4, -0.2) is 0 Å². The first kappa shape index (κ1) is 56.0. The van der Waals surface area contributed by atoms with Gasteiger partial charge in [0.2, 0.25) is 0 Å². The number of hydrogen-bond acceptors (Lipinski definition) is 4. The number of benzene rings is 18. The lowest BCUT2D eigenvalue weighted by molar-refractivity contribution is 1.27. The van der Waals surface area contributed by atoms with Crippen molar-refractivity contribution >= 4 is 154 Å². The highest BCUT2D eigenvalue weighted by Crippen LogP contribution is 2.48. The minimum Gasteiger partial charge on any atom is -0.310 e. The fourth-order valence-corrected chi connectivity index (χ4v) is 14.6. The molecule has 0 atom stereocenters. The monoisotopic (exact) mass is 1220 g/mol. The first-order chi connectivity index (χ1) is 47.6. The highest BCUT2D eigenvalue weighted by molar-refractivity contribution is 6.16. The Balaban J connectivity index is 0.731. The lowest BCUT2D eigenvalue weighted by Gasteiger charge is -2.30. The van der Waals surface area contributed by atoms with E-state index in [2.05, 4.69) is 396 Å². The van der Waals surface area contributed by atoms with Gasteiger partial charge in [-0.2, -0.15) is 0 Å². The first-order valence-electron chi connectivity index (χ1n) is 32.9. The van der Waals surface area contributed by atoms with Crippen LogP contribution in [-0.2, 0) is 0 Å². The Hall–Kier alpha value is -12.8. The van der Waals surface area contributed by atoms with Gasteiger partial charge in [0.05, 0.1) is 11.4 Å². The third-order valence-corrected chi connectivity index (χ3v) is 19.3. The van der Waals surface area contributed by atoms with Crippen LogP contribution >= 0.6 is 0 Å². The maximum Gasteiger partial charge on any atom is 0.0546 e. The smallest absolute Gasteiger partial charge is 0.0546 e. The van der Waals surface area contributed by atoms with Crippen LogP contribution in [0.3, 0.4) is 0 Å². The summed E-state index contributed by atoms with van der Waals surface area (Å²) in [5.74, 6) is 0. The molecule has 0 radical (unpaired) electrons. The number of nitrogens with zero attached hydrogens (tertiary/aromatic N) is 4. The molecule has 0 aromatic heterocycles. The molecule has 450 valence electrons. The predicted molar refractivity (Wildman–Crippen MR) is 411 cm³/mol. The third-order valence-electron chi connectivity index (χ3n) is 19.3. The summed E-state index contributed by atoms with van der Waals surface area (Å²) in [4.78, 5) is 9.63. The summed E-state index contributed by atoms with van der Waals surface area (Å²) in [6, 6.07) is 138. The van der Waals surface area contributed by atoms with Gasteiger partial charge in [-0.05, 0) is 220 Å². The summed E-state index contributed by atoms with van der Waals surface area (Å²) in [7, 11) is 0. The van der Waals surface area contributed by atoms with Crippen LogP contribution in [0.2, 0.25) is 0 Å². The van der Waals surface area contributed by atoms with Gasteiger partial charge in [0.1, 0.15) is 0 Å². The van der Waals surface area contributed by atoms with Crippen LogP contribution in [0.1, 0.15) is 0 Å². The van der Waals surface area contributed by atoms with Gasteiger partial charge in [0.15, 0.2) is 0 Å². The van der Waals surface area contributed by atoms with Crippen LogP contribution in [0.4, 0.5) is 68.2 Å². The standard InChI is InChI=1S/C92H62N4/c1-5-21-69-57-81(45-37-63(69)17-1)93(82-46-38-64-18-2-6-22-70(64)58-82)75-49-53-79(54-50-75)95(91-61-73-25-9-11-27-85(73)87-29-13-15-31-89(87)91)77-41-33-67(34-42-77)68-35-43-78(44-36-68)96(92-62-74-26-10-12-28-86(74)88-30-14-16-32-90(88)92)80-55-51-76(52-56-80)94(83-47-39-65-19-3-7-23-71(65)59-83)84-48-40-66-20-4-8-24-72(66)60-84/h1-62H. The second-order valence-corrected chi connectivity index (χ2v) is 24.9. The average molecular weight is 1220 g/mol. The van der Waals surface area contributed by atoms with Crippen molar-refractivity contribution in [2.75, 3.05) is 19.6 Å². The Labute approximate surface area is 557 Å². The summed E-state index contributed by atoms with van der Waals surface area (Å²) in [6.45, 7) is 0. The fraction of sp³-hybridized carbons (Fsp3) is 0. The summed E-state index contributed by atoms with van der Waals surface area (Å²) in [5.41, 5.74) is 15.2. The van der Waals surface area contributed by atoms with Gasteiger partial charge in [-0.15, -0.1) is 0 Å². The van der Waals surface area contributed by atoms with E-state index in [0.29, 0.717) is 0 Å². The molecule has 0 N–H and O–H groups in total. The van der Waals surface area contributed by atoms with E-state index in [-0.39, 0.29) is 0 Å². The Morgan fingerprint density at radius 3 is 0.625 bits per heavy atom. The van der Waals surface area contributed by atoms with Gasteiger partial charge in [0.25, 0.3) is 0 Å². The van der Waals surface area contributed by atoms with E-state index in [9.17, 15) is 0 Å². The molecule has 0 bridgehead atoms. The van der Waals surface area contributed by atoms with Gasteiger partial charge in [-0.1, -0.05) is 243 Å². The number of rotatable bonds is 13. The van der Waals surface area contributed by atoms with E-state index in [1.807, 2.05) is 0 Å². The van der Waals surface area contributed by atoms with E-state index >= 15 is 0 Å². The molecular formula is C92H62N4. The zero-order valence-electron chi connectivity index (χ0n) is 52.6. The molecule has 18 rings (SSSR count). The molecule has 4 nitrogen and oxygen atoms in total. The zero-order chi connectivity index (χ0) is 63.5. The second-order valence-electron chi connectivity index (χ2n) is 24.9. The van der Waals surface area contributed by atoms with Crippen molar-refractivity contribution in [1.82, 2.24) is 0 Å². The third kappa shape index (κ3) is 10.1. The highest BCUT2D eigenvalue weighted by atomic mass is 15.2. The maximum atomic E-state index is 2.43. The topological polar surface area (TPSA) is 13.0 Å². The molecule has 4 heteroatoms. The van der Waals surface area contributed by atoms with E-state index in [0.717, 1.165) is 79.4 Å². The molecule has 0 saturated heterocycles. The molecule has 18 aromatic rings. The Bertz CT molecular complexity index is 5450. The van der Waals surface area contributed by atoms with Crippen molar-refractivity contribution in [1.29, 1.82) is 0 Å². The molecule has 96 heavy (non-hydrogen) atoms. The summed E-state index contributed by atoms with van der Waals surface area (Å²) in [5, 5.41) is 19.3. The van der Waals surface area contributed by atoms with E-state index in [4.69, 9.17) is 0 Å². The molecule has 18 aromatic carbocycles. The molecule has 0 aliphatic rings. The maximum absolute atomic E-state index is 2.43. The zero-order valence-corrected chi connectivity index (χ0v) is 52.6. The lowest BCUT2D eigenvalue weighted by Crippen LogP contribution is -2.13. The number of fused-ring (bicyclic) bond motifs is 10. The van der Waals surface area contributed by atoms with Crippen molar-refractivity contribution in [2.24, 2.45) is 0 Å². The molecule has 0 amide bonds. The van der Waals surface area contributed by atoms with Crippen molar-refractivity contribution in [3.8, 4) is 11.1 Å². The molecule has 0 heterocycles. The molecule has 0 spiro atoms. The lowest BCUT2D eigenvalue weighted by atomic mass is 9.98. The highest BCUT2D eigenvalue weighted by Gasteiger charge is 2.23. The van der Waals surface area contributed by atoms with Crippen LogP contribution in [0, 0.1) is 0 Å². The van der Waals surface area contributed by atoms with Gasteiger partial charge in [-0.25, -0.2) is 0 Å². The quantitative estimate of drug-likeness (QED) is 0.107. The van der Waals surface area contributed by atoms with Crippen molar-refractivity contribution in [2.45, 2.75) is 0 Å². The summed E-state index contributed by atoms with van der Waals surface area (Å²) >= 11 is 0. The van der Waals surface area contributed by atoms with Crippen LogP contribution < -0.4 is 19.6 Å². The minimum absolute atomic E-state index is 1.05. The summed E-state index contributed by atoms with van der Waals surface area (Å²) in [6.07, 6.45) is 0. The molecule has 0 aliphatic heterocycles. The molecular weight excluding hydrogens is 1160 g/mol. The van der Waals surface area contributed by atoms with E-state index in [1.165, 1.54) is 86.2 Å². The van der Waals surface area contributed by atoms with Gasteiger partial charge in [0, 0.05) is 67.6 Å². The number of anilines is 12. The molecule has 0 saturated carbocycles. The fourth-order valence-electron chi connectivity index (χ4n) is 14.6. The van der Waals surface area contributed by atoms with Crippen molar-refractivity contribution in [3.63, 3.8) is 0 Å². The Morgan fingerprint density at radius 2 is 0.333 bits per heavy atom. The normalized spacial score (nSPS) is 11.5. The van der Waals surface area contributed by atoms with Crippen molar-refractivity contribution in [3.05, 3.63) is 376 Å². The predicted octanol–water partition coefficient (Wildman–Crippen LogP) is 26.5. The minimum atomic E-state index is 1.05. The largest absolute Gasteiger partial charge is 0.310 e.